The number of imide groups is 1. The molecule has 2 aliphatic heterocycles. The van der Waals surface area contributed by atoms with Gasteiger partial charge in [0.2, 0.25) is 11.7 Å². The van der Waals surface area contributed by atoms with Crippen molar-refractivity contribution in [3.8, 4) is 11.4 Å². The third-order valence-corrected chi connectivity index (χ3v) is 5.16. The summed E-state index contributed by atoms with van der Waals surface area (Å²) in [5, 5.41) is 12.6. The van der Waals surface area contributed by atoms with E-state index in [0.717, 1.165) is 29.2 Å². The number of anilines is 1. The zero-order chi connectivity index (χ0) is 23.3. The monoisotopic (exact) mass is 460 g/mol. The molecule has 33 heavy (non-hydrogen) atoms. The van der Waals surface area contributed by atoms with Gasteiger partial charge in [-0.05, 0) is 36.4 Å². The number of fused-ring (bicyclic) bond motifs is 1. The molecule has 9 nitrogen and oxygen atoms in total. The number of amides is 2. The maximum absolute atomic E-state index is 13.2. The van der Waals surface area contributed by atoms with Crippen LogP contribution in [-0.4, -0.2) is 39.0 Å². The Morgan fingerprint density at radius 3 is 2.52 bits per heavy atom. The predicted octanol–water partition coefficient (Wildman–Crippen LogP) is 3.39. The Labute approximate surface area is 182 Å². The Balaban J connectivity index is 1.35. The molecule has 0 spiro atoms. The normalized spacial score (nSPS) is 20.1. The van der Waals surface area contributed by atoms with Gasteiger partial charge in [0.15, 0.2) is 12.1 Å². The Morgan fingerprint density at radius 2 is 1.79 bits per heavy atom. The molecule has 0 aliphatic carbocycles. The predicted molar refractivity (Wildman–Crippen MR) is 102 cm³/mol. The summed E-state index contributed by atoms with van der Waals surface area (Å²) in [7, 11) is 0. The van der Waals surface area contributed by atoms with Gasteiger partial charge in [0.1, 0.15) is 12.4 Å². The third kappa shape index (κ3) is 3.60. The number of aromatic nitrogens is 2. The molecule has 1 aromatic heterocycles. The van der Waals surface area contributed by atoms with Crippen molar-refractivity contribution in [2.75, 3.05) is 4.90 Å². The lowest BCUT2D eigenvalue weighted by atomic mass is 10.1. The summed E-state index contributed by atoms with van der Waals surface area (Å²) < 4.78 is 57.2. The molecule has 2 aliphatic rings. The van der Waals surface area contributed by atoms with Crippen molar-refractivity contribution in [3.63, 3.8) is 0 Å². The minimum Gasteiger partial charge on any atom is -0.337 e. The first-order chi connectivity index (χ1) is 15.7. The maximum atomic E-state index is 13.2. The second-order valence-corrected chi connectivity index (χ2v) is 7.27. The molecular formula is C20H12F4N6O3. The lowest BCUT2D eigenvalue weighted by Gasteiger charge is -2.19. The number of benzene rings is 2. The molecule has 0 unspecified atom stereocenters. The topological polar surface area (TPSA) is 104 Å². The maximum Gasteiger partial charge on any atom is 0.416 e. The highest BCUT2D eigenvalue weighted by Gasteiger charge is 2.55. The molecule has 0 bridgehead atoms. The van der Waals surface area contributed by atoms with Gasteiger partial charge in [-0.3, -0.25) is 14.6 Å². The Bertz CT molecular complexity index is 1270. The summed E-state index contributed by atoms with van der Waals surface area (Å²) in [5.74, 6) is -1.86. The van der Waals surface area contributed by atoms with E-state index in [9.17, 15) is 27.2 Å². The van der Waals surface area contributed by atoms with Gasteiger partial charge < -0.3 is 4.52 Å². The van der Waals surface area contributed by atoms with Crippen molar-refractivity contribution >= 4 is 17.5 Å². The summed E-state index contributed by atoms with van der Waals surface area (Å²) in [5.41, 5.74) is -0.575. The average Bonchev–Trinajstić information content (AvgIpc) is 3.47. The third-order valence-electron chi connectivity index (χ3n) is 5.16. The number of halogens is 4. The van der Waals surface area contributed by atoms with Crippen LogP contribution in [0.5, 0.6) is 0 Å². The SMILES string of the molecule is O=C1[C@H]2N=NN(Cc3nc(-c4cccc(C(F)(F)F)c4)no3)[C@H]2C(=O)N1c1ccc(F)cc1. The summed E-state index contributed by atoms with van der Waals surface area (Å²) >= 11 is 0. The molecule has 13 heteroatoms. The summed E-state index contributed by atoms with van der Waals surface area (Å²) in [6.45, 7) is -0.201. The Morgan fingerprint density at radius 1 is 1.03 bits per heavy atom. The number of carbonyl (C=O) groups is 2. The first-order valence-electron chi connectivity index (χ1n) is 9.53. The van der Waals surface area contributed by atoms with Crippen LogP contribution < -0.4 is 4.90 Å². The van der Waals surface area contributed by atoms with Crippen LogP contribution >= 0.6 is 0 Å². The molecule has 168 valence electrons. The molecule has 0 saturated carbocycles. The van der Waals surface area contributed by atoms with E-state index in [0.29, 0.717) is 0 Å². The summed E-state index contributed by atoms with van der Waals surface area (Å²) in [4.78, 5) is 30.6. The molecular weight excluding hydrogens is 448 g/mol. The molecule has 1 saturated heterocycles. The molecule has 2 amide bonds. The molecule has 5 rings (SSSR count). The second kappa shape index (κ2) is 7.46. The van der Waals surface area contributed by atoms with E-state index in [-0.39, 0.29) is 29.5 Å². The second-order valence-electron chi connectivity index (χ2n) is 7.27. The van der Waals surface area contributed by atoms with Crippen LogP contribution in [0.15, 0.2) is 63.4 Å². The number of alkyl halides is 3. The van der Waals surface area contributed by atoms with Gasteiger partial charge in [-0.2, -0.15) is 23.3 Å². The fourth-order valence-corrected chi connectivity index (χ4v) is 3.61. The van der Waals surface area contributed by atoms with Gasteiger partial charge in [-0.25, -0.2) is 9.29 Å². The number of hydrogen-bond acceptors (Lipinski definition) is 8. The first-order valence-corrected chi connectivity index (χ1v) is 9.53. The van der Waals surface area contributed by atoms with E-state index in [1.807, 2.05) is 0 Å². The quantitative estimate of drug-likeness (QED) is 0.437. The van der Waals surface area contributed by atoms with Crippen molar-refractivity contribution in [2.24, 2.45) is 10.3 Å². The van der Waals surface area contributed by atoms with Crippen LogP contribution in [0.25, 0.3) is 11.4 Å². The van der Waals surface area contributed by atoms with E-state index in [1.165, 1.54) is 29.3 Å². The minimum atomic E-state index is -4.53. The number of rotatable bonds is 4. The molecule has 1 fully saturated rings. The lowest BCUT2D eigenvalue weighted by molar-refractivity contribution is -0.137. The van der Waals surface area contributed by atoms with Crippen molar-refractivity contribution < 1.29 is 31.7 Å². The van der Waals surface area contributed by atoms with E-state index in [4.69, 9.17) is 4.52 Å². The van der Waals surface area contributed by atoms with Crippen LogP contribution in [0.1, 0.15) is 11.5 Å². The molecule has 2 aromatic carbocycles. The van der Waals surface area contributed by atoms with Gasteiger partial charge in [0, 0.05) is 5.56 Å². The van der Waals surface area contributed by atoms with Crippen molar-refractivity contribution in [1.82, 2.24) is 15.1 Å². The smallest absolute Gasteiger partial charge is 0.337 e. The minimum absolute atomic E-state index is 0.0394. The van der Waals surface area contributed by atoms with Crippen LogP contribution in [-0.2, 0) is 22.3 Å². The molecule has 2 atom stereocenters. The van der Waals surface area contributed by atoms with Crippen LogP contribution in [0, 0.1) is 5.82 Å². The van der Waals surface area contributed by atoms with E-state index in [2.05, 4.69) is 20.5 Å². The first kappa shape index (κ1) is 20.7. The number of hydrogen-bond donors (Lipinski definition) is 0. The van der Waals surface area contributed by atoms with E-state index in [1.54, 1.807) is 0 Å². The Kier molecular flexibility index (Phi) is 4.69. The number of nitrogens with zero attached hydrogens (tertiary/aromatic N) is 6. The molecule has 3 heterocycles. The highest BCUT2D eigenvalue weighted by molar-refractivity contribution is 6.25. The van der Waals surface area contributed by atoms with Crippen molar-refractivity contribution in [3.05, 3.63) is 65.8 Å². The van der Waals surface area contributed by atoms with Gasteiger partial charge in [0.25, 0.3) is 11.8 Å². The molecule has 0 radical (unpaired) electrons. The van der Waals surface area contributed by atoms with Crippen LogP contribution in [0.4, 0.5) is 23.2 Å². The largest absolute Gasteiger partial charge is 0.416 e. The fraction of sp³-hybridized carbons (Fsp3) is 0.200. The van der Waals surface area contributed by atoms with E-state index >= 15 is 0 Å². The van der Waals surface area contributed by atoms with Crippen LogP contribution in [0.3, 0.4) is 0 Å². The zero-order valence-corrected chi connectivity index (χ0v) is 16.4. The van der Waals surface area contributed by atoms with Crippen molar-refractivity contribution in [1.29, 1.82) is 0 Å². The summed E-state index contributed by atoms with van der Waals surface area (Å²) in [6, 6.07) is 7.12. The van der Waals surface area contributed by atoms with Gasteiger partial charge in [0.05, 0.1) is 11.3 Å². The zero-order valence-electron chi connectivity index (χ0n) is 16.4. The highest BCUT2D eigenvalue weighted by Crippen LogP contribution is 2.34. The van der Waals surface area contributed by atoms with Gasteiger partial charge in [-0.15, -0.1) is 0 Å². The van der Waals surface area contributed by atoms with Gasteiger partial charge in [-0.1, -0.05) is 22.5 Å². The highest BCUT2D eigenvalue weighted by atomic mass is 19.4. The lowest BCUT2D eigenvalue weighted by Crippen LogP contribution is -2.39. The van der Waals surface area contributed by atoms with E-state index < -0.39 is 41.5 Å². The average molecular weight is 460 g/mol. The van der Waals surface area contributed by atoms with Gasteiger partial charge >= 0.3 is 6.18 Å². The van der Waals surface area contributed by atoms with Crippen molar-refractivity contribution in [2.45, 2.75) is 24.8 Å². The molecule has 0 N–H and O–H groups in total. The molecule has 3 aromatic rings. The number of carbonyl (C=O) groups excluding carboxylic acids is 2. The summed E-state index contributed by atoms with van der Waals surface area (Å²) in [6.07, 6.45) is -4.53. The standard InChI is InChI=1S/C20H12F4N6O3/c21-12-4-6-13(7-5-12)30-18(31)15-16(19(30)32)29(28-26-15)9-14-25-17(27-33-14)10-2-1-3-11(8-10)20(22,23)24/h1-8,15-16H,9H2/t15-,16+/m0/s1. The fourth-order valence-electron chi connectivity index (χ4n) is 3.61. The Hall–Kier alpha value is -4.16. The van der Waals surface area contributed by atoms with Crippen LogP contribution in [0.2, 0.25) is 0 Å².